The molecule has 0 bridgehead atoms. The molecule has 0 aromatic carbocycles. The van der Waals surface area contributed by atoms with Crippen LogP contribution in [0.1, 0.15) is 59.3 Å². The standard InChI is InChI=1S/C15H29NO/c1-12(2)10-13(3)16(4)11-14-8-6-5-7-9-15(14)17/h12-14H,5-11H2,1-4H3. The van der Waals surface area contributed by atoms with Crippen molar-refractivity contribution in [3.63, 3.8) is 0 Å². The van der Waals surface area contributed by atoms with Gasteiger partial charge in [0.25, 0.3) is 0 Å². The maximum atomic E-state index is 12.0. The zero-order valence-electron chi connectivity index (χ0n) is 12.0. The molecule has 1 rings (SSSR count). The van der Waals surface area contributed by atoms with Gasteiger partial charge in [-0.1, -0.05) is 26.7 Å². The average Bonchev–Trinajstić information content (AvgIpc) is 2.43. The van der Waals surface area contributed by atoms with Crippen molar-refractivity contribution in [3.8, 4) is 0 Å². The van der Waals surface area contributed by atoms with Crippen molar-refractivity contribution in [1.29, 1.82) is 0 Å². The van der Waals surface area contributed by atoms with Gasteiger partial charge in [-0.05, 0) is 39.2 Å². The van der Waals surface area contributed by atoms with E-state index in [2.05, 4.69) is 32.7 Å². The Kier molecular flexibility index (Phi) is 6.18. The Morgan fingerprint density at radius 1 is 1.24 bits per heavy atom. The van der Waals surface area contributed by atoms with E-state index in [1.54, 1.807) is 0 Å². The van der Waals surface area contributed by atoms with E-state index in [0.29, 0.717) is 17.7 Å². The molecule has 0 aromatic rings. The predicted molar refractivity (Wildman–Crippen MR) is 73.1 cm³/mol. The van der Waals surface area contributed by atoms with Gasteiger partial charge in [-0.15, -0.1) is 0 Å². The van der Waals surface area contributed by atoms with Crippen LogP contribution in [-0.2, 0) is 4.79 Å². The molecule has 0 saturated heterocycles. The second-order valence-corrected chi connectivity index (χ2v) is 6.18. The van der Waals surface area contributed by atoms with Gasteiger partial charge in [0.05, 0.1) is 0 Å². The smallest absolute Gasteiger partial charge is 0.137 e. The molecule has 2 unspecified atom stereocenters. The third-order valence-corrected chi connectivity index (χ3v) is 4.00. The van der Waals surface area contributed by atoms with E-state index >= 15 is 0 Å². The molecule has 1 saturated carbocycles. The van der Waals surface area contributed by atoms with Crippen LogP contribution in [0.2, 0.25) is 0 Å². The highest BCUT2D eigenvalue weighted by atomic mass is 16.1. The van der Waals surface area contributed by atoms with Crippen LogP contribution in [0.15, 0.2) is 0 Å². The average molecular weight is 239 g/mol. The molecule has 100 valence electrons. The molecule has 0 aliphatic heterocycles. The number of carbonyl (C=O) groups is 1. The Labute approximate surface area is 107 Å². The van der Waals surface area contributed by atoms with E-state index in [4.69, 9.17) is 0 Å². The first-order valence-corrected chi connectivity index (χ1v) is 7.23. The summed E-state index contributed by atoms with van der Waals surface area (Å²) in [5, 5.41) is 0. The summed E-state index contributed by atoms with van der Waals surface area (Å²) in [6, 6.07) is 0.589. The lowest BCUT2D eigenvalue weighted by molar-refractivity contribution is -0.123. The molecular formula is C15H29NO. The number of carbonyl (C=O) groups excluding carboxylic acids is 1. The van der Waals surface area contributed by atoms with E-state index in [1.165, 1.54) is 19.3 Å². The summed E-state index contributed by atoms with van der Waals surface area (Å²) in [5.74, 6) is 1.54. The van der Waals surface area contributed by atoms with Gasteiger partial charge in [0, 0.05) is 24.9 Å². The molecule has 2 heteroatoms. The van der Waals surface area contributed by atoms with Crippen LogP contribution in [0.5, 0.6) is 0 Å². The number of hydrogen-bond donors (Lipinski definition) is 0. The van der Waals surface area contributed by atoms with Gasteiger partial charge >= 0.3 is 0 Å². The number of rotatable bonds is 5. The van der Waals surface area contributed by atoms with E-state index in [9.17, 15) is 4.79 Å². The molecule has 0 radical (unpaired) electrons. The van der Waals surface area contributed by atoms with Crippen LogP contribution in [0.4, 0.5) is 0 Å². The van der Waals surface area contributed by atoms with Crippen LogP contribution in [0.25, 0.3) is 0 Å². The minimum atomic E-state index is 0.303. The summed E-state index contributed by atoms with van der Waals surface area (Å²) in [4.78, 5) is 14.4. The summed E-state index contributed by atoms with van der Waals surface area (Å²) >= 11 is 0. The van der Waals surface area contributed by atoms with Crippen LogP contribution in [0, 0.1) is 11.8 Å². The highest BCUT2D eigenvalue weighted by molar-refractivity contribution is 5.81. The van der Waals surface area contributed by atoms with Gasteiger partial charge in [-0.3, -0.25) is 4.79 Å². The maximum absolute atomic E-state index is 12.0. The molecular weight excluding hydrogens is 210 g/mol. The summed E-state index contributed by atoms with van der Waals surface area (Å²) in [5.41, 5.74) is 0. The molecule has 17 heavy (non-hydrogen) atoms. The molecule has 0 amide bonds. The Morgan fingerprint density at radius 3 is 2.59 bits per heavy atom. The fourth-order valence-corrected chi connectivity index (χ4v) is 2.81. The molecule has 0 heterocycles. The lowest BCUT2D eigenvalue weighted by atomic mass is 9.96. The SMILES string of the molecule is CC(C)CC(C)N(C)CC1CCCCCC1=O. The van der Waals surface area contributed by atoms with Crippen molar-refractivity contribution in [1.82, 2.24) is 4.90 Å². The Morgan fingerprint density at radius 2 is 1.94 bits per heavy atom. The topological polar surface area (TPSA) is 20.3 Å². The summed E-state index contributed by atoms with van der Waals surface area (Å²) < 4.78 is 0. The van der Waals surface area contributed by atoms with E-state index in [0.717, 1.165) is 31.7 Å². The first-order chi connectivity index (χ1) is 8.00. The quantitative estimate of drug-likeness (QED) is 0.684. The first kappa shape index (κ1) is 14.7. The number of ketones is 1. The zero-order valence-corrected chi connectivity index (χ0v) is 12.0. The summed E-state index contributed by atoms with van der Waals surface area (Å²) in [7, 11) is 2.17. The van der Waals surface area contributed by atoms with Crippen LogP contribution < -0.4 is 0 Å². The molecule has 0 aromatic heterocycles. The number of nitrogens with zero attached hydrogens (tertiary/aromatic N) is 1. The minimum absolute atomic E-state index is 0.303. The van der Waals surface area contributed by atoms with Crippen molar-refractivity contribution >= 4 is 5.78 Å². The Bertz CT molecular complexity index is 237. The molecule has 2 nitrogen and oxygen atoms in total. The molecule has 0 N–H and O–H groups in total. The molecule has 1 aliphatic rings. The third-order valence-electron chi connectivity index (χ3n) is 4.00. The fourth-order valence-electron chi connectivity index (χ4n) is 2.81. The fraction of sp³-hybridized carbons (Fsp3) is 0.933. The lowest BCUT2D eigenvalue weighted by Crippen LogP contribution is -2.36. The third kappa shape index (κ3) is 5.20. The minimum Gasteiger partial charge on any atom is -0.303 e. The van der Waals surface area contributed by atoms with Gasteiger partial charge in [0.1, 0.15) is 5.78 Å². The second-order valence-electron chi connectivity index (χ2n) is 6.18. The summed E-state index contributed by atoms with van der Waals surface area (Å²) in [6.07, 6.45) is 6.74. The molecule has 2 atom stereocenters. The number of Topliss-reactive ketones (excluding diaryl/α,β-unsaturated/α-hetero) is 1. The number of hydrogen-bond acceptors (Lipinski definition) is 2. The van der Waals surface area contributed by atoms with Crippen molar-refractivity contribution in [2.45, 2.75) is 65.3 Å². The lowest BCUT2D eigenvalue weighted by Gasteiger charge is -2.29. The summed E-state index contributed by atoms with van der Waals surface area (Å²) in [6.45, 7) is 7.77. The Balaban J connectivity index is 2.42. The van der Waals surface area contributed by atoms with E-state index in [1.807, 2.05) is 0 Å². The van der Waals surface area contributed by atoms with Gasteiger partial charge in [0.2, 0.25) is 0 Å². The monoisotopic (exact) mass is 239 g/mol. The van der Waals surface area contributed by atoms with Crippen molar-refractivity contribution < 1.29 is 4.79 Å². The van der Waals surface area contributed by atoms with Gasteiger partial charge in [-0.25, -0.2) is 0 Å². The van der Waals surface area contributed by atoms with Gasteiger partial charge in [-0.2, -0.15) is 0 Å². The predicted octanol–water partition coefficient (Wildman–Crippen LogP) is 3.50. The Hall–Kier alpha value is -0.370. The van der Waals surface area contributed by atoms with Crippen LogP contribution >= 0.6 is 0 Å². The van der Waals surface area contributed by atoms with E-state index < -0.39 is 0 Å². The molecule has 0 spiro atoms. The molecule has 1 aliphatic carbocycles. The normalized spacial score (nSPS) is 24.1. The highest BCUT2D eigenvalue weighted by Gasteiger charge is 2.23. The van der Waals surface area contributed by atoms with Crippen molar-refractivity contribution in [2.24, 2.45) is 11.8 Å². The van der Waals surface area contributed by atoms with Crippen LogP contribution in [0.3, 0.4) is 0 Å². The van der Waals surface area contributed by atoms with Crippen molar-refractivity contribution in [3.05, 3.63) is 0 Å². The zero-order chi connectivity index (χ0) is 12.8. The molecule has 1 fully saturated rings. The van der Waals surface area contributed by atoms with Gasteiger partial charge < -0.3 is 4.90 Å². The highest BCUT2D eigenvalue weighted by Crippen LogP contribution is 2.22. The maximum Gasteiger partial charge on any atom is 0.137 e. The van der Waals surface area contributed by atoms with Crippen LogP contribution in [-0.4, -0.2) is 30.3 Å². The largest absolute Gasteiger partial charge is 0.303 e. The van der Waals surface area contributed by atoms with E-state index in [-0.39, 0.29) is 0 Å². The van der Waals surface area contributed by atoms with Gasteiger partial charge in [0.15, 0.2) is 0 Å². The second kappa shape index (κ2) is 7.15. The van der Waals surface area contributed by atoms with Crippen molar-refractivity contribution in [2.75, 3.05) is 13.6 Å². The first-order valence-electron chi connectivity index (χ1n) is 7.23.